The fourth-order valence-electron chi connectivity index (χ4n) is 1.61. The SMILES string of the molecule is O=C(/C=C/c1cccs1)Nc1ccc(CCO)cc1. The van der Waals surface area contributed by atoms with Gasteiger partial charge in [0.2, 0.25) is 5.91 Å². The number of benzene rings is 1. The molecular weight excluding hydrogens is 258 g/mol. The van der Waals surface area contributed by atoms with Crippen molar-refractivity contribution in [3.05, 3.63) is 58.3 Å². The number of nitrogens with one attached hydrogen (secondary N) is 1. The molecule has 0 aliphatic rings. The molecule has 1 heterocycles. The lowest BCUT2D eigenvalue weighted by Crippen LogP contribution is -2.07. The van der Waals surface area contributed by atoms with Gasteiger partial charge in [-0.1, -0.05) is 18.2 Å². The molecule has 0 radical (unpaired) electrons. The van der Waals surface area contributed by atoms with E-state index in [1.165, 1.54) is 6.08 Å². The molecule has 0 aliphatic heterocycles. The number of aliphatic hydroxyl groups excluding tert-OH is 1. The van der Waals surface area contributed by atoms with Gasteiger partial charge in [0.05, 0.1) is 0 Å². The maximum Gasteiger partial charge on any atom is 0.248 e. The number of amides is 1. The first-order valence-electron chi connectivity index (χ1n) is 6.00. The van der Waals surface area contributed by atoms with Crippen molar-refractivity contribution < 1.29 is 9.90 Å². The first-order valence-corrected chi connectivity index (χ1v) is 6.88. The summed E-state index contributed by atoms with van der Waals surface area (Å²) in [5.41, 5.74) is 1.80. The first kappa shape index (κ1) is 13.5. The molecule has 2 rings (SSSR count). The predicted octanol–water partition coefficient (Wildman–Crippen LogP) is 2.93. The van der Waals surface area contributed by atoms with Crippen molar-refractivity contribution in [1.29, 1.82) is 0 Å². The zero-order chi connectivity index (χ0) is 13.5. The smallest absolute Gasteiger partial charge is 0.248 e. The molecule has 0 atom stereocenters. The van der Waals surface area contributed by atoms with E-state index in [0.717, 1.165) is 16.1 Å². The van der Waals surface area contributed by atoms with Crippen molar-refractivity contribution >= 4 is 29.0 Å². The Bertz CT molecular complexity index is 544. The molecule has 0 saturated heterocycles. The largest absolute Gasteiger partial charge is 0.396 e. The van der Waals surface area contributed by atoms with Gasteiger partial charge in [0.1, 0.15) is 0 Å². The minimum atomic E-state index is -0.150. The molecule has 0 spiro atoms. The topological polar surface area (TPSA) is 49.3 Å². The van der Waals surface area contributed by atoms with Gasteiger partial charge < -0.3 is 10.4 Å². The van der Waals surface area contributed by atoms with Gasteiger partial charge in [-0.25, -0.2) is 0 Å². The zero-order valence-electron chi connectivity index (χ0n) is 10.4. The maximum absolute atomic E-state index is 11.7. The van der Waals surface area contributed by atoms with E-state index in [2.05, 4.69) is 5.32 Å². The van der Waals surface area contributed by atoms with Crippen molar-refractivity contribution in [2.45, 2.75) is 6.42 Å². The average Bonchev–Trinajstić information content (AvgIpc) is 2.92. The van der Waals surface area contributed by atoms with Crippen LogP contribution in [-0.2, 0) is 11.2 Å². The Morgan fingerprint density at radius 2 is 2.05 bits per heavy atom. The van der Waals surface area contributed by atoms with E-state index >= 15 is 0 Å². The lowest BCUT2D eigenvalue weighted by Gasteiger charge is -2.03. The summed E-state index contributed by atoms with van der Waals surface area (Å²) in [6, 6.07) is 11.4. The van der Waals surface area contributed by atoms with Crippen LogP contribution in [0, 0.1) is 0 Å². The highest BCUT2D eigenvalue weighted by Crippen LogP contribution is 2.12. The summed E-state index contributed by atoms with van der Waals surface area (Å²) >= 11 is 1.59. The van der Waals surface area contributed by atoms with Crippen LogP contribution in [-0.4, -0.2) is 17.6 Å². The summed E-state index contributed by atoms with van der Waals surface area (Å²) in [6.07, 6.45) is 3.94. The van der Waals surface area contributed by atoms with Crippen LogP contribution in [0.4, 0.5) is 5.69 Å². The first-order chi connectivity index (χ1) is 9.28. The second-order valence-electron chi connectivity index (χ2n) is 4.01. The summed E-state index contributed by atoms with van der Waals surface area (Å²) in [7, 11) is 0. The van der Waals surface area contributed by atoms with Gasteiger partial charge in [-0.15, -0.1) is 11.3 Å². The molecular formula is C15H15NO2S. The van der Waals surface area contributed by atoms with Crippen LogP contribution in [0.2, 0.25) is 0 Å². The van der Waals surface area contributed by atoms with E-state index in [-0.39, 0.29) is 12.5 Å². The Kier molecular flexibility index (Phi) is 4.89. The molecule has 1 aromatic carbocycles. The normalized spacial score (nSPS) is 10.8. The summed E-state index contributed by atoms with van der Waals surface area (Å²) in [4.78, 5) is 12.7. The lowest BCUT2D eigenvalue weighted by atomic mass is 10.1. The number of carbonyl (C=O) groups is 1. The van der Waals surface area contributed by atoms with Crippen molar-refractivity contribution in [2.24, 2.45) is 0 Å². The Morgan fingerprint density at radius 3 is 2.68 bits per heavy atom. The number of aliphatic hydroxyl groups is 1. The fourth-order valence-corrected chi connectivity index (χ4v) is 2.23. The second-order valence-corrected chi connectivity index (χ2v) is 4.99. The standard InChI is InChI=1S/C15H15NO2S/c17-10-9-12-3-5-13(6-4-12)16-15(18)8-7-14-2-1-11-19-14/h1-8,11,17H,9-10H2,(H,16,18)/b8-7+. The third-order valence-corrected chi connectivity index (χ3v) is 3.40. The highest BCUT2D eigenvalue weighted by molar-refractivity contribution is 7.10. The molecule has 0 fully saturated rings. The number of thiophene rings is 1. The molecule has 0 bridgehead atoms. The molecule has 0 unspecified atom stereocenters. The third kappa shape index (κ3) is 4.35. The number of hydrogen-bond acceptors (Lipinski definition) is 3. The second kappa shape index (κ2) is 6.87. The van der Waals surface area contributed by atoms with E-state index in [0.29, 0.717) is 6.42 Å². The van der Waals surface area contributed by atoms with Crippen LogP contribution in [0.15, 0.2) is 47.9 Å². The molecule has 1 amide bonds. The van der Waals surface area contributed by atoms with E-state index < -0.39 is 0 Å². The van der Waals surface area contributed by atoms with Gasteiger partial charge >= 0.3 is 0 Å². The van der Waals surface area contributed by atoms with Crippen LogP contribution in [0.1, 0.15) is 10.4 Å². The molecule has 2 aromatic rings. The molecule has 19 heavy (non-hydrogen) atoms. The van der Waals surface area contributed by atoms with Crippen LogP contribution in [0.3, 0.4) is 0 Å². The minimum Gasteiger partial charge on any atom is -0.396 e. The van der Waals surface area contributed by atoms with Crippen molar-refractivity contribution in [1.82, 2.24) is 0 Å². The number of rotatable bonds is 5. The zero-order valence-corrected chi connectivity index (χ0v) is 11.2. The highest BCUT2D eigenvalue weighted by atomic mass is 32.1. The van der Waals surface area contributed by atoms with Gasteiger partial charge in [0.15, 0.2) is 0 Å². The Morgan fingerprint density at radius 1 is 1.26 bits per heavy atom. The number of hydrogen-bond donors (Lipinski definition) is 2. The van der Waals surface area contributed by atoms with E-state index in [9.17, 15) is 4.79 Å². The molecule has 3 nitrogen and oxygen atoms in total. The van der Waals surface area contributed by atoms with Crippen molar-refractivity contribution in [2.75, 3.05) is 11.9 Å². The molecule has 98 valence electrons. The number of anilines is 1. The van der Waals surface area contributed by atoms with Crippen LogP contribution in [0.5, 0.6) is 0 Å². The van der Waals surface area contributed by atoms with Crippen LogP contribution in [0.25, 0.3) is 6.08 Å². The van der Waals surface area contributed by atoms with Crippen LogP contribution >= 0.6 is 11.3 Å². The van der Waals surface area contributed by atoms with Crippen molar-refractivity contribution in [3.63, 3.8) is 0 Å². The quantitative estimate of drug-likeness (QED) is 0.823. The third-order valence-electron chi connectivity index (χ3n) is 2.56. The molecule has 0 aliphatic carbocycles. The predicted molar refractivity (Wildman–Crippen MR) is 79.2 cm³/mol. The molecule has 0 saturated carbocycles. The van der Waals surface area contributed by atoms with Crippen molar-refractivity contribution in [3.8, 4) is 0 Å². The maximum atomic E-state index is 11.7. The highest BCUT2D eigenvalue weighted by Gasteiger charge is 1.98. The fraction of sp³-hybridized carbons (Fsp3) is 0.133. The molecule has 2 N–H and O–H groups in total. The summed E-state index contributed by atoms with van der Waals surface area (Å²) in [6.45, 7) is 0.134. The monoisotopic (exact) mass is 273 g/mol. The van der Waals surface area contributed by atoms with Crippen LogP contribution < -0.4 is 5.32 Å². The summed E-state index contributed by atoms with van der Waals surface area (Å²) in [5.74, 6) is -0.150. The van der Waals surface area contributed by atoms with E-state index in [1.807, 2.05) is 41.8 Å². The Hall–Kier alpha value is -1.91. The average molecular weight is 273 g/mol. The van der Waals surface area contributed by atoms with Gasteiger partial charge in [-0.05, 0) is 41.6 Å². The lowest BCUT2D eigenvalue weighted by molar-refractivity contribution is -0.111. The minimum absolute atomic E-state index is 0.134. The Balaban J connectivity index is 1.91. The van der Waals surface area contributed by atoms with Gasteiger partial charge in [0, 0.05) is 23.2 Å². The van der Waals surface area contributed by atoms with Gasteiger partial charge in [0.25, 0.3) is 0 Å². The van der Waals surface area contributed by atoms with E-state index in [1.54, 1.807) is 17.4 Å². The van der Waals surface area contributed by atoms with Gasteiger partial charge in [-0.3, -0.25) is 4.79 Å². The van der Waals surface area contributed by atoms with E-state index in [4.69, 9.17) is 5.11 Å². The number of carbonyl (C=O) groups excluding carboxylic acids is 1. The summed E-state index contributed by atoms with van der Waals surface area (Å²) < 4.78 is 0. The van der Waals surface area contributed by atoms with Gasteiger partial charge in [-0.2, -0.15) is 0 Å². The Labute approximate surface area is 116 Å². The summed E-state index contributed by atoms with van der Waals surface area (Å²) in [5, 5.41) is 13.6. The molecule has 4 heteroatoms. The molecule has 1 aromatic heterocycles.